The molecule has 1 aromatic carbocycles. The molecule has 8 heteroatoms. The molecular formula is C15H18N2O5S. The lowest BCUT2D eigenvalue weighted by atomic mass is 10.1. The highest BCUT2D eigenvalue weighted by Crippen LogP contribution is 2.18. The molecule has 0 aliphatic carbocycles. The van der Waals surface area contributed by atoms with Crippen LogP contribution in [-0.2, 0) is 21.2 Å². The Morgan fingerprint density at radius 3 is 2.57 bits per heavy atom. The van der Waals surface area contributed by atoms with Crippen LogP contribution < -0.4 is 5.76 Å². The third kappa shape index (κ3) is 3.17. The zero-order chi connectivity index (χ0) is 16.6. The zero-order valence-corrected chi connectivity index (χ0v) is 13.6. The fourth-order valence-corrected chi connectivity index (χ4v) is 4.00. The number of benzene rings is 1. The number of hydrogen-bond donors (Lipinski definition) is 0. The molecule has 1 aliphatic heterocycles. The van der Waals surface area contributed by atoms with Crippen LogP contribution in [0.5, 0.6) is 0 Å². The van der Waals surface area contributed by atoms with E-state index in [9.17, 15) is 18.0 Å². The smallest absolute Gasteiger partial charge is 0.408 e. The number of likely N-dealkylation sites (tertiary alicyclic amines) is 1. The summed E-state index contributed by atoms with van der Waals surface area (Å²) in [6.45, 7) is 0.682. The van der Waals surface area contributed by atoms with Gasteiger partial charge in [-0.1, -0.05) is 12.1 Å². The van der Waals surface area contributed by atoms with Crippen molar-refractivity contribution in [2.45, 2.75) is 24.6 Å². The molecule has 0 radical (unpaired) electrons. The fourth-order valence-electron chi connectivity index (χ4n) is 2.93. The van der Waals surface area contributed by atoms with Crippen LogP contribution >= 0.6 is 0 Å². The molecule has 1 aromatic heterocycles. The van der Waals surface area contributed by atoms with Crippen LogP contribution in [0.3, 0.4) is 0 Å². The van der Waals surface area contributed by atoms with E-state index in [1.54, 1.807) is 29.2 Å². The number of rotatable bonds is 3. The summed E-state index contributed by atoms with van der Waals surface area (Å²) in [6, 6.07) is 6.93. The van der Waals surface area contributed by atoms with Crippen molar-refractivity contribution in [3.63, 3.8) is 0 Å². The van der Waals surface area contributed by atoms with Gasteiger partial charge in [-0.25, -0.2) is 13.2 Å². The summed E-state index contributed by atoms with van der Waals surface area (Å²) in [5.74, 6) is -0.767. The van der Waals surface area contributed by atoms with E-state index in [2.05, 4.69) is 0 Å². The highest BCUT2D eigenvalue weighted by Gasteiger charge is 2.29. The topological polar surface area (TPSA) is 89.6 Å². The summed E-state index contributed by atoms with van der Waals surface area (Å²) in [5.41, 5.74) is 1.03. The molecule has 0 bridgehead atoms. The number of sulfone groups is 1. The Labute approximate surface area is 133 Å². The van der Waals surface area contributed by atoms with Crippen molar-refractivity contribution in [3.05, 3.63) is 34.8 Å². The van der Waals surface area contributed by atoms with Gasteiger partial charge in [-0.3, -0.25) is 9.36 Å². The first-order valence-corrected chi connectivity index (χ1v) is 9.37. The molecular weight excluding hydrogens is 320 g/mol. The maximum Gasteiger partial charge on any atom is 0.420 e. The number of aromatic nitrogens is 1. The maximum absolute atomic E-state index is 12.4. The number of carbonyl (C=O) groups excluding carboxylic acids is 1. The SMILES string of the molecule is CS(=O)(=O)C1CCN(C(=O)Cn2c(=O)oc3ccccc32)CC1. The number of carbonyl (C=O) groups is 1. The second-order valence-corrected chi connectivity index (χ2v) is 8.16. The van der Waals surface area contributed by atoms with E-state index < -0.39 is 15.6 Å². The van der Waals surface area contributed by atoms with Gasteiger partial charge in [0.15, 0.2) is 5.58 Å². The molecule has 0 spiro atoms. The number of fused-ring (bicyclic) bond motifs is 1. The van der Waals surface area contributed by atoms with Crippen LogP contribution in [0.4, 0.5) is 0 Å². The van der Waals surface area contributed by atoms with Gasteiger partial charge in [0.1, 0.15) is 16.4 Å². The minimum Gasteiger partial charge on any atom is -0.408 e. The van der Waals surface area contributed by atoms with Crippen LogP contribution in [0.25, 0.3) is 11.1 Å². The molecule has 1 saturated heterocycles. The molecule has 0 atom stereocenters. The quantitative estimate of drug-likeness (QED) is 0.819. The Morgan fingerprint density at radius 2 is 1.91 bits per heavy atom. The number of amides is 1. The molecule has 23 heavy (non-hydrogen) atoms. The van der Waals surface area contributed by atoms with E-state index in [-0.39, 0.29) is 17.7 Å². The standard InChI is InChI=1S/C15H18N2O5S/c1-23(20,21)11-6-8-16(9-7-11)14(18)10-17-12-4-2-3-5-13(12)22-15(17)19/h2-5,11H,6-10H2,1H3. The van der Waals surface area contributed by atoms with Crippen molar-refractivity contribution in [1.82, 2.24) is 9.47 Å². The maximum atomic E-state index is 12.4. The third-order valence-electron chi connectivity index (χ3n) is 4.27. The number of oxazole rings is 1. The van der Waals surface area contributed by atoms with Crippen LogP contribution in [-0.4, -0.2) is 48.4 Å². The summed E-state index contributed by atoms with van der Waals surface area (Å²) >= 11 is 0. The van der Waals surface area contributed by atoms with E-state index in [4.69, 9.17) is 4.42 Å². The summed E-state index contributed by atoms with van der Waals surface area (Å²) in [5, 5.41) is -0.385. The lowest BCUT2D eigenvalue weighted by Gasteiger charge is -2.31. The molecule has 2 heterocycles. The lowest BCUT2D eigenvalue weighted by molar-refractivity contribution is -0.132. The molecule has 0 saturated carbocycles. The van der Waals surface area contributed by atoms with E-state index in [0.29, 0.717) is 37.0 Å². The molecule has 1 aliphatic rings. The van der Waals surface area contributed by atoms with Gasteiger partial charge in [-0.15, -0.1) is 0 Å². The van der Waals surface area contributed by atoms with Crippen molar-refractivity contribution in [2.75, 3.05) is 19.3 Å². The third-order valence-corrected chi connectivity index (χ3v) is 5.95. The molecule has 2 aromatic rings. The van der Waals surface area contributed by atoms with Gasteiger partial charge in [-0.2, -0.15) is 0 Å². The summed E-state index contributed by atoms with van der Waals surface area (Å²) in [6.07, 6.45) is 2.10. The van der Waals surface area contributed by atoms with Crippen molar-refractivity contribution in [2.24, 2.45) is 0 Å². The lowest BCUT2D eigenvalue weighted by Crippen LogP contribution is -2.44. The van der Waals surface area contributed by atoms with Gasteiger partial charge in [0.05, 0.1) is 10.8 Å². The Balaban J connectivity index is 1.73. The molecule has 0 unspecified atom stereocenters. The van der Waals surface area contributed by atoms with Crippen molar-refractivity contribution in [3.8, 4) is 0 Å². The highest BCUT2D eigenvalue weighted by atomic mass is 32.2. The van der Waals surface area contributed by atoms with Crippen LogP contribution in [0.15, 0.2) is 33.5 Å². The monoisotopic (exact) mass is 338 g/mol. The first-order valence-electron chi connectivity index (χ1n) is 7.41. The second-order valence-electron chi connectivity index (χ2n) is 5.83. The number of para-hydroxylation sites is 2. The van der Waals surface area contributed by atoms with Crippen molar-refractivity contribution < 1.29 is 17.6 Å². The molecule has 1 fully saturated rings. The van der Waals surface area contributed by atoms with Crippen LogP contribution in [0.1, 0.15) is 12.8 Å². The number of hydrogen-bond acceptors (Lipinski definition) is 5. The van der Waals surface area contributed by atoms with Gasteiger partial charge >= 0.3 is 5.76 Å². The van der Waals surface area contributed by atoms with Gasteiger partial charge in [-0.05, 0) is 25.0 Å². The molecule has 124 valence electrons. The predicted octanol–water partition coefficient (Wildman–Crippen LogP) is 0.630. The molecule has 3 rings (SSSR count). The first-order chi connectivity index (χ1) is 10.9. The van der Waals surface area contributed by atoms with E-state index in [0.717, 1.165) is 0 Å². The van der Waals surface area contributed by atoms with Gasteiger partial charge in [0.2, 0.25) is 5.91 Å². The summed E-state index contributed by atoms with van der Waals surface area (Å²) in [7, 11) is -3.07. The predicted molar refractivity (Wildman–Crippen MR) is 84.9 cm³/mol. The fraction of sp³-hybridized carbons (Fsp3) is 0.467. The second kappa shape index (κ2) is 5.84. The average molecular weight is 338 g/mol. The van der Waals surface area contributed by atoms with Crippen molar-refractivity contribution in [1.29, 1.82) is 0 Å². The van der Waals surface area contributed by atoms with Gasteiger partial charge in [0.25, 0.3) is 0 Å². The van der Waals surface area contributed by atoms with Crippen LogP contribution in [0, 0.1) is 0 Å². The summed E-state index contributed by atoms with van der Waals surface area (Å²) < 4.78 is 29.5. The van der Waals surface area contributed by atoms with Gasteiger partial charge < -0.3 is 9.32 Å². The molecule has 0 N–H and O–H groups in total. The molecule has 1 amide bonds. The summed E-state index contributed by atoms with van der Waals surface area (Å²) in [4.78, 5) is 25.9. The minimum absolute atomic E-state index is 0.0978. The Morgan fingerprint density at radius 1 is 1.26 bits per heavy atom. The van der Waals surface area contributed by atoms with Crippen molar-refractivity contribution >= 4 is 26.8 Å². The van der Waals surface area contributed by atoms with E-state index in [1.165, 1.54) is 10.8 Å². The number of nitrogens with zero attached hydrogens (tertiary/aromatic N) is 2. The van der Waals surface area contributed by atoms with Crippen LogP contribution in [0.2, 0.25) is 0 Å². The minimum atomic E-state index is -3.07. The Kier molecular flexibility index (Phi) is 4.01. The van der Waals surface area contributed by atoms with E-state index >= 15 is 0 Å². The number of piperidine rings is 1. The van der Waals surface area contributed by atoms with E-state index in [1.807, 2.05) is 0 Å². The zero-order valence-electron chi connectivity index (χ0n) is 12.8. The first kappa shape index (κ1) is 15.8. The normalized spacial score (nSPS) is 16.8. The average Bonchev–Trinajstić information content (AvgIpc) is 2.82. The largest absolute Gasteiger partial charge is 0.420 e. The Bertz CT molecular complexity index is 888. The van der Waals surface area contributed by atoms with Gasteiger partial charge in [0, 0.05) is 19.3 Å². The highest BCUT2D eigenvalue weighted by molar-refractivity contribution is 7.91. The Hall–Kier alpha value is -2.09. The molecule has 7 nitrogen and oxygen atoms in total.